The zero-order valence-corrected chi connectivity index (χ0v) is 38.6. The molecule has 0 aliphatic carbocycles. The summed E-state index contributed by atoms with van der Waals surface area (Å²) in [5, 5.41) is 0. The van der Waals surface area contributed by atoms with Crippen molar-refractivity contribution in [2.45, 2.75) is 220 Å². The van der Waals surface area contributed by atoms with E-state index in [9.17, 15) is 24.0 Å². The molecule has 0 saturated carbocycles. The van der Waals surface area contributed by atoms with Crippen LogP contribution in [0.2, 0.25) is 0 Å². The number of hydrogen-bond acceptors (Lipinski definition) is 11. The van der Waals surface area contributed by atoms with E-state index in [0.29, 0.717) is 12.8 Å². The molecule has 2 atom stereocenters. The molecule has 0 heterocycles. The Kier molecular flexibility index (Phi) is 30.8. The van der Waals surface area contributed by atoms with E-state index in [1.54, 1.807) is 24.3 Å². The Morgan fingerprint density at radius 2 is 0.677 bits per heavy atom. The van der Waals surface area contributed by atoms with Crippen LogP contribution in [0.5, 0.6) is 0 Å². The van der Waals surface area contributed by atoms with Gasteiger partial charge in [-0.05, 0) is 73.9 Å². The van der Waals surface area contributed by atoms with E-state index in [-0.39, 0.29) is 24.0 Å². The number of aryl methyl sites for hydroxylation is 2. The van der Waals surface area contributed by atoms with Crippen molar-refractivity contribution >= 4 is 30.0 Å². The van der Waals surface area contributed by atoms with Crippen molar-refractivity contribution in [3.63, 3.8) is 0 Å². The summed E-state index contributed by atoms with van der Waals surface area (Å²) in [4.78, 5) is 85.9. The van der Waals surface area contributed by atoms with Crippen molar-refractivity contribution < 1.29 is 53.0 Å². The van der Waals surface area contributed by atoms with E-state index >= 15 is 0 Å². The maximum atomic E-state index is 13.3. The fraction of sp³-hybridized carbons (Fsp3) is 0.667. The fourth-order valence-electron chi connectivity index (χ4n) is 7.04. The molecule has 2 aromatic rings. The summed E-state index contributed by atoms with van der Waals surface area (Å²) >= 11 is 0. The number of esters is 2. The highest BCUT2D eigenvalue weighted by Gasteiger charge is 2.31. The number of carbonyl (C=O) groups is 5. The topological polar surface area (TPSA) is 141 Å². The molecular formula is C51H78O11. The van der Waals surface area contributed by atoms with Gasteiger partial charge in [-0.1, -0.05) is 193 Å². The molecule has 0 aromatic heterocycles. The first-order chi connectivity index (χ1) is 30.2. The van der Waals surface area contributed by atoms with E-state index in [1.807, 2.05) is 24.3 Å². The minimum Gasteiger partial charge on any atom is -0.358 e. The Balaban J connectivity index is 2.02. The lowest BCUT2D eigenvalue weighted by molar-refractivity contribution is -0.276. The van der Waals surface area contributed by atoms with Crippen LogP contribution in [0, 0.1) is 0 Å². The average Bonchev–Trinajstić information content (AvgIpc) is 3.28. The van der Waals surface area contributed by atoms with Crippen LogP contribution in [0.15, 0.2) is 48.5 Å². The lowest BCUT2D eigenvalue weighted by Gasteiger charge is -2.16. The van der Waals surface area contributed by atoms with Crippen LogP contribution in [0.25, 0.3) is 0 Å². The smallest absolute Gasteiger partial charge is 0.358 e. The summed E-state index contributed by atoms with van der Waals surface area (Å²) in [5.74, 6) is -3.97. The van der Waals surface area contributed by atoms with Crippen molar-refractivity contribution in [3.8, 4) is 0 Å². The lowest BCUT2D eigenvalue weighted by atomic mass is 10.0. The number of ether oxygens (including phenoxy) is 2. The van der Waals surface area contributed by atoms with E-state index in [0.717, 1.165) is 101 Å². The zero-order chi connectivity index (χ0) is 45.0. The number of carbonyl (C=O) groups excluding carboxylic acids is 5. The van der Waals surface area contributed by atoms with Crippen LogP contribution in [-0.2, 0) is 51.5 Å². The van der Waals surface area contributed by atoms with Gasteiger partial charge in [-0.15, -0.1) is 0 Å². The molecule has 11 nitrogen and oxygen atoms in total. The number of rotatable bonds is 36. The summed E-state index contributed by atoms with van der Waals surface area (Å²) in [5.41, 5.74) is 2.64. The van der Waals surface area contributed by atoms with Gasteiger partial charge in [0.1, 0.15) is 0 Å². The first-order valence-electron chi connectivity index (χ1n) is 24.1. The summed E-state index contributed by atoms with van der Waals surface area (Å²) in [6, 6.07) is 13.9. The molecule has 2 rings (SSSR count). The third-order valence-corrected chi connectivity index (χ3v) is 11.0. The van der Waals surface area contributed by atoms with Crippen molar-refractivity contribution in [2.24, 2.45) is 0 Å². The van der Waals surface area contributed by atoms with Crippen LogP contribution in [-0.4, -0.2) is 42.2 Å². The minimum absolute atomic E-state index is 0.0970. The predicted molar refractivity (Wildman–Crippen MR) is 241 cm³/mol. The Labute approximate surface area is 372 Å². The minimum atomic E-state index is -1.60. The van der Waals surface area contributed by atoms with Gasteiger partial charge in [-0.25, -0.2) is 24.0 Å². The Morgan fingerprint density at radius 1 is 0.387 bits per heavy atom. The Hall–Kier alpha value is -4.09. The molecule has 0 bridgehead atoms. The molecule has 0 saturated heterocycles. The average molecular weight is 867 g/mol. The van der Waals surface area contributed by atoms with Crippen LogP contribution in [0.1, 0.15) is 226 Å². The Morgan fingerprint density at radius 3 is 0.984 bits per heavy atom. The van der Waals surface area contributed by atoms with Gasteiger partial charge in [0.15, 0.2) is 0 Å². The molecule has 348 valence electrons. The second-order valence-electron chi connectivity index (χ2n) is 16.5. The molecule has 0 amide bonds. The molecule has 0 aliphatic rings. The third-order valence-electron chi connectivity index (χ3n) is 11.0. The predicted octanol–water partition coefficient (Wildman–Crippen LogP) is 13.8. The van der Waals surface area contributed by atoms with E-state index in [2.05, 4.69) is 27.7 Å². The monoisotopic (exact) mass is 867 g/mol. The van der Waals surface area contributed by atoms with E-state index < -0.39 is 42.2 Å². The van der Waals surface area contributed by atoms with Crippen LogP contribution >= 0.6 is 0 Å². The molecular weight excluding hydrogens is 789 g/mol. The van der Waals surface area contributed by atoms with Crippen LogP contribution < -0.4 is 0 Å². The zero-order valence-electron chi connectivity index (χ0n) is 38.6. The molecule has 0 aliphatic heterocycles. The van der Waals surface area contributed by atoms with Crippen LogP contribution in [0.3, 0.4) is 0 Å². The highest BCUT2D eigenvalue weighted by Crippen LogP contribution is 2.19. The van der Waals surface area contributed by atoms with Crippen molar-refractivity contribution in [3.05, 3.63) is 70.8 Å². The third kappa shape index (κ3) is 25.1. The quantitative estimate of drug-likeness (QED) is 0.0212. The first kappa shape index (κ1) is 54.0. The maximum absolute atomic E-state index is 13.3. The van der Waals surface area contributed by atoms with Gasteiger partial charge in [0.2, 0.25) is 12.2 Å². The molecule has 0 radical (unpaired) electrons. The second-order valence-corrected chi connectivity index (χ2v) is 16.5. The number of benzene rings is 2. The molecule has 0 fully saturated rings. The maximum Gasteiger partial charge on any atom is 0.524 e. The fourth-order valence-corrected chi connectivity index (χ4v) is 7.04. The van der Waals surface area contributed by atoms with Gasteiger partial charge >= 0.3 is 30.0 Å². The van der Waals surface area contributed by atoms with Gasteiger partial charge in [-0.2, -0.15) is 9.78 Å². The molecule has 0 N–H and O–H groups in total. The van der Waals surface area contributed by atoms with Gasteiger partial charge in [0.25, 0.3) is 0 Å². The SMILES string of the molecule is CCCCCCCCCCCCC(OOC(=O)c1ccc(CCCC)cc1)C(=O)OC(=O)OC(=O)C(CCCCCCCCCCCC)OOC(=O)c1ccc(CCCC)cc1. The first-order valence-corrected chi connectivity index (χ1v) is 24.1. The summed E-state index contributed by atoms with van der Waals surface area (Å²) in [6.45, 7) is 8.61. The second kappa shape index (κ2) is 35.4. The largest absolute Gasteiger partial charge is 0.524 e. The van der Waals surface area contributed by atoms with Gasteiger partial charge in [-0.3, -0.25) is 9.78 Å². The summed E-state index contributed by atoms with van der Waals surface area (Å²) in [7, 11) is 0. The van der Waals surface area contributed by atoms with Crippen molar-refractivity contribution in [1.29, 1.82) is 0 Å². The molecule has 11 heteroatoms. The Bertz CT molecular complexity index is 1390. The van der Waals surface area contributed by atoms with Gasteiger partial charge < -0.3 is 9.47 Å². The van der Waals surface area contributed by atoms with Crippen LogP contribution in [0.4, 0.5) is 4.79 Å². The van der Waals surface area contributed by atoms with Gasteiger partial charge in [0, 0.05) is 0 Å². The van der Waals surface area contributed by atoms with E-state index in [1.165, 1.54) is 64.2 Å². The normalized spacial score (nSPS) is 12.1. The van der Waals surface area contributed by atoms with Gasteiger partial charge in [0.05, 0.1) is 11.1 Å². The standard InChI is InChI=1S/C51H78O11/c1-5-9-13-15-17-19-21-23-25-27-31-45(59-61-47(52)43-37-33-41(34-38-43)29-11-7-3)49(54)57-51(56)58-50(55)46(32-28-26-24-22-20-18-16-14-10-6-2)60-62-48(53)44-39-35-42(36-40-44)30-12-8-4/h33-40,45-46H,5-32H2,1-4H3. The lowest BCUT2D eigenvalue weighted by Crippen LogP contribution is -2.34. The highest BCUT2D eigenvalue weighted by atomic mass is 17.2. The van der Waals surface area contributed by atoms with Crippen molar-refractivity contribution in [1.82, 2.24) is 0 Å². The summed E-state index contributed by atoms with van der Waals surface area (Å²) < 4.78 is 9.81. The summed E-state index contributed by atoms with van der Waals surface area (Å²) in [6.07, 6.45) is 22.8. The van der Waals surface area contributed by atoms with E-state index in [4.69, 9.17) is 29.0 Å². The molecule has 2 aromatic carbocycles. The molecule has 0 spiro atoms. The molecule has 2 unspecified atom stereocenters. The number of hydrogen-bond donors (Lipinski definition) is 0. The highest BCUT2D eigenvalue weighted by molar-refractivity contribution is 5.92. The number of unbranched alkanes of at least 4 members (excludes halogenated alkanes) is 20. The van der Waals surface area contributed by atoms with Crippen molar-refractivity contribution in [2.75, 3.05) is 0 Å². The molecule has 62 heavy (non-hydrogen) atoms.